The molecule has 9 nitrogen and oxygen atoms in total. The van der Waals surface area contributed by atoms with Crippen molar-refractivity contribution in [1.82, 2.24) is 24.4 Å². The van der Waals surface area contributed by atoms with Crippen molar-refractivity contribution in [2.75, 3.05) is 25.5 Å². The molecule has 1 amide bonds. The number of anilines is 1. The van der Waals surface area contributed by atoms with Crippen molar-refractivity contribution in [3.63, 3.8) is 0 Å². The summed E-state index contributed by atoms with van der Waals surface area (Å²) in [7, 11) is 2.14. The van der Waals surface area contributed by atoms with Gasteiger partial charge in [-0.05, 0) is 74.8 Å². The van der Waals surface area contributed by atoms with Crippen molar-refractivity contribution in [2.45, 2.75) is 24.8 Å². The number of thiazole rings is 1. The molecule has 0 radical (unpaired) electrons. The van der Waals surface area contributed by atoms with Gasteiger partial charge in [-0.1, -0.05) is 24.3 Å². The molecular formula is C30H27FN6O3S. The molecule has 41 heavy (non-hydrogen) atoms. The fraction of sp³-hybridized carbons (Fsp3) is 0.233. The fourth-order valence-electron chi connectivity index (χ4n) is 5.25. The molecule has 3 aromatic heterocycles. The Kier molecular flexibility index (Phi) is 7.29. The normalized spacial score (nSPS) is 15.2. The molecule has 11 heteroatoms. The van der Waals surface area contributed by atoms with Crippen LogP contribution in [-0.4, -0.2) is 55.6 Å². The fourth-order valence-corrected chi connectivity index (χ4v) is 5.78. The van der Waals surface area contributed by atoms with Gasteiger partial charge in [-0.25, -0.2) is 19.3 Å². The van der Waals surface area contributed by atoms with Crippen LogP contribution in [0.1, 0.15) is 35.9 Å². The number of hydrogen-bond donors (Lipinski definition) is 2. The molecule has 0 bridgehead atoms. The highest BCUT2D eigenvalue weighted by molar-refractivity contribution is 7.13. The highest BCUT2D eigenvalue weighted by Gasteiger charge is 2.29. The van der Waals surface area contributed by atoms with Gasteiger partial charge in [0.25, 0.3) is 11.5 Å². The lowest BCUT2D eigenvalue weighted by atomic mass is 9.89. The van der Waals surface area contributed by atoms with Gasteiger partial charge in [-0.2, -0.15) is 0 Å². The number of piperidine rings is 1. The number of fused-ring (bicyclic) bond motifs is 1. The van der Waals surface area contributed by atoms with Gasteiger partial charge in [0.05, 0.1) is 17.5 Å². The van der Waals surface area contributed by atoms with E-state index in [-0.39, 0.29) is 16.8 Å². The van der Waals surface area contributed by atoms with Crippen LogP contribution in [0.15, 0.2) is 77.3 Å². The molecule has 0 aliphatic carbocycles. The Hall–Kier alpha value is -4.48. The van der Waals surface area contributed by atoms with Crippen LogP contribution < -0.4 is 10.9 Å². The summed E-state index contributed by atoms with van der Waals surface area (Å²) in [4.78, 5) is 42.6. The third-order valence-electron chi connectivity index (χ3n) is 7.50. The molecule has 0 spiro atoms. The number of carbonyl (C=O) groups is 1. The van der Waals surface area contributed by atoms with Crippen molar-refractivity contribution in [3.05, 3.63) is 99.8 Å². The van der Waals surface area contributed by atoms with Crippen molar-refractivity contribution in [3.8, 4) is 17.0 Å². The summed E-state index contributed by atoms with van der Waals surface area (Å²) in [5, 5.41) is 15.2. The first-order valence-corrected chi connectivity index (χ1v) is 14.1. The lowest BCUT2D eigenvalue weighted by Gasteiger charge is -2.29. The Bertz CT molecular complexity index is 1770. The first kappa shape index (κ1) is 26.7. The summed E-state index contributed by atoms with van der Waals surface area (Å²) in [5.74, 6) is -1.18. The standard InChI is InChI=1S/C30H27FN6O3S/c1-36-13-10-19(11-14-36)18-2-4-20(5-3-18)23-7-8-24-26(34-23)29(40)37(17-33-24)27(22-16-21(31)6-9-25(22)38)28(39)35-30-32-12-15-41-30/h2-9,12,15-17,19,27,38H,10-11,13-14H2,1H3,(H,32,35,39). The zero-order chi connectivity index (χ0) is 28.5. The molecule has 4 heterocycles. The minimum Gasteiger partial charge on any atom is -0.508 e. The number of rotatable bonds is 6. The molecule has 5 aromatic rings. The summed E-state index contributed by atoms with van der Waals surface area (Å²) in [6.07, 6.45) is 4.96. The topological polar surface area (TPSA) is 113 Å². The second-order valence-corrected chi connectivity index (χ2v) is 11.0. The number of nitrogens with zero attached hydrogens (tertiary/aromatic N) is 5. The molecule has 2 N–H and O–H groups in total. The smallest absolute Gasteiger partial charge is 0.280 e. The SMILES string of the molecule is CN1CCC(c2ccc(-c3ccc4ncn(C(C(=O)Nc5nccs5)c5cc(F)ccc5O)c(=O)c4n3)cc2)CC1. The van der Waals surface area contributed by atoms with E-state index in [1.807, 2.05) is 12.1 Å². The number of aromatic hydroxyl groups is 1. The molecule has 1 aliphatic rings. The molecule has 1 saturated heterocycles. The maximum absolute atomic E-state index is 14.3. The second-order valence-electron chi connectivity index (χ2n) is 10.2. The van der Waals surface area contributed by atoms with E-state index < -0.39 is 23.3 Å². The molecule has 1 atom stereocenters. The van der Waals surface area contributed by atoms with E-state index in [2.05, 4.69) is 44.3 Å². The van der Waals surface area contributed by atoms with Crippen molar-refractivity contribution in [1.29, 1.82) is 0 Å². The third-order valence-corrected chi connectivity index (χ3v) is 8.19. The van der Waals surface area contributed by atoms with Crippen LogP contribution in [0.4, 0.5) is 9.52 Å². The summed E-state index contributed by atoms with van der Waals surface area (Å²) in [6, 6.07) is 13.5. The quantitative estimate of drug-likeness (QED) is 0.302. The number of halogens is 1. The maximum atomic E-state index is 14.3. The van der Waals surface area contributed by atoms with Gasteiger partial charge in [-0.15, -0.1) is 11.3 Å². The van der Waals surface area contributed by atoms with Gasteiger partial charge in [0.15, 0.2) is 10.6 Å². The number of phenolic OH excluding ortho intramolecular Hbond substituents is 1. The average Bonchev–Trinajstić information content (AvgIpc) is 3.50. The van der Waals surface area contributed by atoms with Gasteiger partial charge < -0.3 is 10.0 Å². The number of amides is 1. The van der Waals surface area contributed by atoms with Crippen molar-refractivity contribution < 1.29 is 14.3 Å². The summed E-state index contributed by atoms with van der Waals surface area (Å²) >= 11 is 1.19. The van der Waals surface area contributed by atoms with E-state index in [4.69, 9.17) is 0 Å². The van der Waals surface area contributed by atoms with Crippen LogP contribution in [0, 0.1) is 5.82 Å². The Morgan fingerprint density at radius 3 is 2.61 bits per heavy atom. The van der Waals surface area contributed by atoms with Crippen LogP contribution in [0.25, 0.3) is 22.3 Å². The average molecular weight is 571 g/mol. The number of pyridine rings is 1. The van der Waals surface area contributed by atoms with Gasteiger partial charge in [-0.3, -0.25) is 19.5 Å². The van der Waals surface area contributed by atoms with Gasteiger partial charge >= 0.3 is 0 Å². The number of carbonyl (C=O) groups excluding carboxylic acids is 1. The zero-order valence-corrected chi connectivity index (χ0v) is 23.0. The van der Waals surface area contributed by atoms with E-state index in [1.54, 1.807) is 17.5 Å². The predicted molar refractivity (Wildman–Crippen MR) is 156 cm³/mol. The number of likely N-dealkylation sites (tertiary alicyclic amines) is 1. The molecule has 1 aliphatic heterocycles. The first-order valence-electron chi connectivity index (χ1n) is 13.2. The Morgan fingerprint density at radius 2 is 1.88 bits per heavy atom. The predicted octanol–water partition coefficient (Wildman–Crippen LogP) is 4.80. The summed E-state index contributed by atoms with van der Waals surface area (Å²) in [6.45, 7) is 2.16. The van der Waals surface area contributed by atoms with E-state index in [0.29, 0.717) is 22.3 Å². The summed E-state index contributed by atoms with van der Waals surface area (Å²) in [5.41, 5.74) is 2.41. The number of nitrogens with one attached hydrogen (secondary N) is 1. The van der Waals surface area contributed by atoms with Gasteiger partial charge in [0.2, 0.25) is 0 Å². The molecule has 1 unspecified atom stereocenters. The Balaban J connectivity index is 1.39. The largest absolute Gasteiger partial charge is 0.508 e. The van der Waals surface area contributed by atoms with Crippen LogP contribution in [0.3, 0.4) is 0 Å². The van der Waals surface area contributed by atoms with Crippen molar-refractivity contribution >= 4 is 33.4 Å². The second kappa shape index (κ2) is 11.2. The van der Waals surface area contributed by atoms with Crippen LogP contribution in [0.2, 0.25) is 0 Å². The van der Waals surface area contributed by atoms with E-state index in [1.165, 1.54) is 29.4 Å². The van der Waals surface area contributed by atoms with E-state index in [0.717, 1.165) is 54.3 Å². The highest BCUT2D eigenvalue weighted by Crippen LogP contribution is 2.31. The number of phenols is 1. The Morgan fingerprint density at radius 1 is 1.10 bits per heavy atom. The molecule has 0 saturated carbocycles. The van der Waals surface area contributed by atoms with E-state index >= 15 is 0 Å². The number of aromatic nitrogens is 4. The van der Waals surface area contributed by atoms with Gasteiger partial charge in [0, 0.05) is 22.7 Å². The number of hydrogen-bond acceptors (Lipinski definition) is 8. The lowest BCUT2D eigenvalue weighted by molar-refractivity contribution is -0.118. The molecule has 6 rings (SSSR count). The van der Waals surface area contributed by atoms with Crippen LogP contribution in [0.5, 0.6) is 5.75 Å². The molecule has 208 valence electrons. The highest BCUT2D eigenvalue weighted by atomic mass is 32.1. The van der Waals surface area contributed by atoms with Crippen LogP contribution >= 0.6 is 11.3 Å². The molecule has 1 fully saturated rings. The molecule has 2 aromatic carbocycles. The maximum Gasteiger partial charge on any atom is 0.280 e. The first-order chi connectivity index (χ1) is 19.9. The zero-order valence-electron chi connectivity index (χ0n) is 22.2. The van der Waals surface area contributed by atoms with Gasteiger partial charge in [0.1, 0.15) is 17.6 Å². The third kappa shape index (κ3) is 5.46. The molecular weight excluding hydrogens is 543 g/mol. The lowest BCUT2D eigenvalue weighted by Crippen LogP contribution is -2.34. The van der Waals surface area contributed by atoms with Crippen molar-refractivity contribution in [2.24, 2.45) is 0 Å². The summed E-state index contributed by atoms with van der Waals surface area (Å²) < 4.78 is 15.3. The minimum atomic E-state index is -1.43. The van der Waals surface area contributed by atoms with Crippen LogP contribution in [-0.2, 0) is 4.79 Å². The number of benzene rings is 2. The van der Waals surface area contributed by atoms with E-state index in [9.17, 15) is 19.1 Å². The Labute approximate surface area is 239 Å². The minimum absolute atomic E-state index is 0.0485. The monoisotopic (exact) mass is 570 g/mol.